The van der Waals surface area contributed by atoms with Crippen LogP contribution in [0.4, 0.5) is 0 Å². The van der Waals surface area contributed by atoms with Crippen LogP contribution in [0.3, 0.4) is 0 Å². The number of carbonyl (C=O) groups is 3. The van der Waals surface area contributed by atoms with Gasteiger partial charge in [0.1, 0.15) is 19.3 Å². The van der Waals surface area contributed by atoms with Crippen LogP contribution in [0.15, 0.2) is 0 Å². The minimum atomic E-state index is -1.79. The molecule has 0 aliphatic rings. The number of rotatable bonds is 24. The van der Waals surface area contributed by atoms with Gasteiger partial charge in [-0.05, 0) is 6.42 Å². The Hall–Kier alpha value is -1.67. The molecule has 2 unspecified atom stereocenters. The number of carbonyl (C=O) groups excluding carboxylic acids is 2. The Labute approximate surface area is 205 Å². The highest BCUT2D eigenvalue weighted by Gasteiger charge is 2.21. The van der Waals surface area contributed by atoms with Crippen molar-refractivity contribution in [2.24, 2.45) is 0 Å². The second kappa shape index (κ2) is 23.1. The molecule has 3 N–H and O–H groups in total. The van der Waals surface area contributed by atoms with E-state index in [0.717, 1.165) is 19.3 Å². The molecule has 0 aliphatic heterocycles. The lowest BCUT2D eigenvalue weighted by atomic mass is 10.0. The Morgan fingerprint density at radius 3 is 1.50 bits per heavy atom. The van der Waals surface area contributed by atoms with Gasteiger partial charge in [0, 0.05) is 6.42 Å². The largest absolute Gasteiger partial charge is 0.481 e. The van der Waals surface area contributed by atoms with Gasteiger partial charge in [-0.25, -0.2) is 4.79 Å². The van der Waals surface area contributed by atoms with Gasteiger partial charge >= 0.3 is 17.9 Å². The van der Waals surface area contributed by atoms with Gasteiger partial charge in [-0.3, -0.25) is 9.59 Å². The Morgan fingerprint density at radius 2 is 1.06 bits per heavy atom. The van der Waals surface area contributed by atoms with Gasteiger partial charge in [0.2, 0.25) is 0 Å². The number of esters is 2. The van der Waals surface area contributed by atoms with Crippen LogP contribution in [0.1, 0.15) is 122 Å². The van der Waals surface area contributed by atoms with Crippen LogP contribution in [0.5, 0.6) is 0 Å². The predicted molar refractivity (Wildman–Crippen MR) is 130 cm³/mol. The van der Waals surface area contributed by atoms with E-state index in [1.54, 1.807) is 0 Å². The molecule has 200 valence electrons. The second-order valence-corrected chi connectivity index (χ2v) is 9.13. The van der Waals surface area contributed by atoms with Crippen molar-refractivity contribution in [1.82, 2.24) is 0 Å². The van der Waals surface area contributed by atoms with Gasteiger partial charge in [0.15, 0.2) is 6.10 Å². The van der Waals surface area contributed by atoms with Gasteiger partial charge in [-0.1, -0.05) is 103 Å². The molecule has 0 aliphatic carbocycles. The molecule has 0 aromatic rings. The SMILES string of the molecule is CCCCCCCCCCCCCCCCCCC(=O)OCC(O)COC(=O)C(O)CC(=O)O. The van der Waals surface area contributed by atoms with Gasteiger partial charge < -0.3 is 24.8 Å². The van der Waals surface area contributed by atoms with Gasteiger partial charge in [0.05, 0.1) is 6.42 Å². The smallest absolute Gasteiger partial charge is 0.335 e. The minimum Gasteiger partial charge on any atom is -0.481 e. The van der Waals surface area contributed by atoms with E-state index in [9.17, 15) is 24.6 Å². The van der Waals surface area contributed by atoms with Crippen molar-refractivity contribution >= 4 is 17.9 Å². The molecule has 0 heterocycles. The number of ether oxygens (including phenoxy) is 2. The molecule has 0 fully saturated rings. The fourth-order valence-electron chi connectivity index (χ4n) is 3.65. The Balaban J connectivity index is 3.43. The summed E-state index contributed by atoms with van der Waals surface area (Å²) in [6.45, 7) is 1.45. The summed E-state index contributed by atoms with van der Waals surface area (Å²) in [6, 6.07) is 0. The quantitative estimate of drug-likeness (QED) is 0.129. The fraction of sp³-hybridized carbons (Fsp3) is 0.885. The van der Waals surface area contributed by atoms with E-state index in [4.69, 9.17) is 9.84 Å². The number of carboxylic acid groups (broad SMARTS) is 1. The number of carboxylic acids is 1. The lowest BCUT2D eigenvalue weighted by Crippen LogP contribution is -2.31. The summed E-state index contributed by atoms with van der Waals surface area (Å²) in [7, 11) is 0. The molecule has 0 saturated heterocycles. The first-order valence-corrected chi connectivity index (χ1v) is 13.3. The van der Waals surface area contributed by atoms with Crippen molar-refractivity contribution in [2.45, 2.75) is 135 Å². The Kier molecular flexibility index (Phi) is 22.0. The molecule has 8 heteroatoms. The number of aliphatic hydroxyl groups excluding tert-OH is 2. The first-order valence-electron chi connectivity index (χ1n) is 13.3. The third kappa shape index (κ3) is 22.1. The normalized spacial score (nSPS) is 12.8. The van der Waals surface area contributed by atoms with E-state index < -0.39 is 43.1 Å². The summed E-state index contributed by atoms with van der Waals surface area (Å²) in [4.78, 5) is 33.5. The molecule has 0 saturated carbocycles. The molecule has 0 rings (SSSR count). The van der Waals surface area contributed by atoms with Crippen molar-refractivity contribution in [1.29, 1.82) is 0 Å². The third-order valence-electron chi connectivity index (χ3n) is 5.73. The summed E-state index contributed by atoms with van der Waals surface area (Å²) in [5.74, 6) is -2.89. The van der Waals surface area contributed by atoms with Gasteiger partial charge in [-0.2, -0.15) is 0 Å². The highest BCUT2D eigenvalue weighted by Crippen LogP contribution is 2.14. The van der Waals surface area contributed by atoms with Crippen LogP contribution in [0, 0.1) is 0 Å². The van der Waals surface area contributed by atoms with Crippen LogP contribution < -0.4 is 0 Å². The number of aliphatic hydroxyl groups is 2. The fourth-order valence-corrected chi connectivity index (χ4v) is 3.65. The Morgan fingerprint density at radius 1 is 0.647 bits per heavy atom. The lowest BCUT2D eigenvalue weighted by Gasteiger charge is -2.13. The molecule has 34 heavy (non-hydrogen) atoms. The lowest BCUT2D eigenvalue weighted by molar-refractivity contribution is -0.162. The van der Waals surface area contributed by atoms with Crippen molar-refractivity contribution in [3.05, 3.63) is 0 Å². The van der Waals surface area contributed by atoms with E-state index >= 15 is 0 Å². The number of unbranched alkanes of at least 4 members (excludes halogenated alkanes) is 15. The monoisotopic (exact) mass is 488 g/mol. The third-order valence-corrected chi connectivity index (χ3v) is 5.73. The van der Waals surface area contributed by atoms with Crippen LogP contribution in [-0.2, 0) is 23.9 Å². The highest BCUT2D eigenvalue weighted by molar-refractivity contribution is 5.80. The molecule has 0 amide bonds. The molecule has 0 aromatic heterocycles. The van der Waals surface area contributed by atoms with Crippen LogP contribution in [0.25, 0.3) is 0 Å². The zero-order valence-electron chi connectivity index (χ0n) is 21.2. The van der Waals surface area contributed by atoms with E-state index in [0.29, 0.717) is 0 Å². The van der Waals surface area contributed by atoms with E-state index in [-0.39, 0.29) is 13.0 Å². The predicted octanol–water partition coefficient (Wildman–Crippen LogP) is 4.92. The summed E-state index contributed by atoms with van der Waals surface area (Å²) in [5, 5.41) is 27.4. The highest BCUT2D eigenvalue weighted by atomic mass is 16.6. The molecule has 8 nitrogen and oxygen atoms in total. The first kappa shape index (κ1) is 32.3. The summed E-state index contributed by atoms with van der Waals surface area (Å²) in [6.07, 6.45) is 16.7. The van der Waals surface area contributed by atoms with Crippen molar-refractivity contribution < 1.29 is 39.2 Å². The molecule has 0 radical (unpaired) electrons. The number of aliphatic carboxylic acids is 1. The summed E-state index contributed by atoms with van der Waals surface area (Å²) < 4.78 is 9.55. The van der Waals surface area contributed by atoms with E-state index in [1.165, 1.54) is 83.5 Å². The van der Waals surface area contributed by atoms with Crippen LogP contribution >= 0.6 is 0 Å². The second-order valence-electron chi connectivity index (χ2n) is 9.13. The molecular formula is C26H48O8. The van der Waals surface area contributed by atoms with E-state index in [1.807, 2.05) is 0 Å². The Bertz CT molecular complexity index is 523. The minimum absolute atomic E-state index is 0.280. The molecule has 2 atom stereocenters. The molecule has 0 spiro atoms. The first-order chi connectivity index (χ1) is 16.4. The van der Waals surface area contributed by atoms with Crippen molar-refractivity contribution in [3.8, 4) is 0 Å². The van der Waals surface area contributed by atoms with E-state index in [2.05, 4.69) is 11.7 Å². The maximum Gasteiger partial charge on any atom is 0.335 e. The average Bonchev–Trinajstić information content (AvgIpc) is 2.80. The zero-order valence-corrected chi connectivity index (χ0v) is 21.2. The number of hydrogen-bond acceptors (Lipinski definition) is 7. The summed E-state index contributed by atoms with van der Waals surface area (Å²) >= 11 is 0. The van der Waals surface area contributed by atoms with Crippen molar-refractivity contribution in [3.63, 3.8) is 0 Å². The molecule has 0 bridgehead atoms. The van der Waals surface area contributed by atoms with Crippen molar-refractivity contribution in [2.75, 3.05) is 13.2 Å². The average molecular weight is 489 g/mol. The van der Waals surface area contributed by atoms with Gasteiger partial charge in [-0.15, -0.1) is 0 Å². The standard InChI is InChI=1S/C26H48O8/c1-2-3-4-5-6-7-8-9-10-11-12-13-14-15-16-17-18-25(31)33-20-22(27)21-34-26(32)23(28)19-24(29)30/h22-23,27-28H,2-21H2,1H3,(H,29,30). The van der Waals surface area contributed by atoms with Crippen LogP contribution in [-0.4, -0.2) is 58.6 Å². The topological polar surface area (TPSA) is 130 Å². The zero-order chi connectivity index (χ0) is 25.4. The van der Waals surface area contributed by atoms with Gasteiger partial charge in [0.25, 0.3) is 0 Å². The molecular weight excluding hydrogens is 440 g/mol. The maximum atomic E-state index is 11.7. The molecule has 0 aromatic carbocycles. The van der Waals surface area contributed by atoms with Crippen LogP contribution in [0.2, 0.25) is 0 Å². The summed E-state index contributed by atoms with van der Waals surface area (Å²) in [5.41, 5.74) is 0. The number of hydrogen-bond donors (Lipinski definition) is 3. The maximum absolute atomic E-state index is 11.7.